The SMILES string of the molecule is COCCC(=O)N1CCN(c2nc(C3CC3)c(C3CC=NN3C)c(C)c2N)C[C@H]1C. The average molecular weight is 415 g/mol. The number of nitrogens with two attached hydrogens (primary N) is 1. The first-order chi connectivity index (χ1) is 14.4. The highest BCUT2D eigenvalue weighted by molar-refractivity contribution is 5.77. The summed E-state index contributed by atoms with van der Waals surface area (Å²) in [5.74, 6) is 1.57. The molecule has 1 amide bonds. The fraction of sp³-hybridized carbons (Fsp3) is 0.682. The van der Waals surface area contributed by atoms with E-state index in [2.05, 4.69) is 23.8 Å². The van der Waals surface area contributed by atoms with Gasteiger partial charge in [0.2, 0.25) is 5.91 Å². The molecule has 1 saturated heterocycles. The maximum absolute atomic E-state index is 12.5. The van der Waals surface area contributed by atoms with E-state index in [9.17, 15) is 4.79 Å². The van der Waals surface area contributed by atoms with Gasteiger partial charge in [0.15, 0.2) is 5.82 Å². The Hall–Kier alpha value is -2.35. The number of rotatable bonds is 6. The number of methoxy groups -OCH3 is 1. The fourth-order valence-corrected chi connectivity index (χ4v) is 4.74. The first-order valence-electron chi connectivity index (χ1n) is 11.0. The number of aromatic nitrogens is 1. The molecule has 1 aliphatic carbocycles. The van der Waals surface area contributed by atoms with Gasteiger partial charge in [-0.1, -0.05) is 0 Å². The van der Waals surface area contributed by atoms with E-state index in [1.165, 1.54) is 24.1 Å². The summed E-state index contributed by atoms with van der Waals surface area (Å²) in [5.41, 5.74) is 11.0. The molecule has 2 fully saturated rings. The Morgan fingerprint density at radius 3 is 2.70 bits per heavy atom. The molecular weight excluding hydrogens is 380 g/mol. The summed E-state index contributed by atoms with van der Waals surface area (Å²) in [6.45, 7) is 6.86. The zero-order chi connectivity index (χ0) is 21.4. The van der Waals surface area contributed by atoms with Crippen molar-refractivity contribution >= 4 is 23.6 Å². The summed E-state index contributed by atoms with van der Waals surface area (Å²) >= 11 is 0. The van der Waals surface area contributed by atoms with Gasteiger partial charge in [0.05, 0.1) is 30.5 Å². The zero-order valence-corrected chi connectivity index (χ0v) is 18.6. The molecule has 1 saturated carbocycles. The predicted molar refractivity (Wildman–Crippen MR) is 119 cm³/mol. The lowest BCUT2D eigenvalue weighted by Crippen LogP contribution is -2.54. The molecule has 3 aliphatic rings. The fourth-order valence-electron chi connectivity index (χ4n) is 4.74. The van der Waals surface area contributed by atoms with E-state index in [0.717, 1.165) is 36.6 Å². The number of carbonyl (C=O) groups is 1. The lowest BCUT2D eigenvalue weighted by molar-refractivity contribution is -0.134. The Labute approximate surface area is 179 Å². The smallest absolute Gasteiger partial charge is 0.225 e. The summed E-state index contributed by atoms with van der Waals surface area (Å²) in [6.07, 6.45) is 5.69. The van der Waals surface area contributed by atoms with Crippen LogP contribution in [0, 0.1) is 6.92 Å². The number of ether oxygens (including phenoxy) is 1. The lowest BCUT2D eigenvalue weighted by atomic mass is 9.94. The minimum atomic E-state index is 0.114. The van der Waals surface area contributed by atoms with E-state index in [-0.39, 0.29) is 18.0 Å². The Morgan fingerprint density at radius 2 is 2.10 bits per heavy atom. The molecule has 8 heteroatoms. The van der Waals surface area contributed by atoms with Crippen molar-refractivity contribution in [3.05, 3.63) is 16.8 Å². The lowest BCUT2D eigenvalue weighted by Gasteiger charge is -2.41. The third-order valence-electron chi connectivity index (χ3n) is 6.66. The number of nitrogen functional groups attached to an aromatic ring is 1. The number of pyridine rings is 1. The molecule has 2 atom stereocenters. The Bertz CT molecular complexity index is 837. The van der Waals surface area contributed by atoms with E-state index in [1.807, 2.05) is 23.2 Å². The topological polar surface area (TPSA) is 87.3 Å². The molecule has 2 N–H and O–H groups in total. The quantitative estimate of drug-likeness (QED) is 0.768. The summed E-state index contributed by atoms with van der Waals surface area (Å²) < 4.78 is 5.06. The molecule has 4 rings (SSSR count). The van der Waals surface area contributed by atoms with Crippen LogP contribution in [0.25, 0.3) is 0 Å². The van der Waals surface area contributed by atoms with Gasteiger partial charge in [0, 0.05) is 64.0 Å². The van der Waals surface area contributed by atoms with Gasteiger partial charge in [-0.15, -0.1) is 0 Å². The number of nitrogens with zero attached hydrogens (tertiary/aromatic N) is 5. The molecule has 0 aromatic carbocycles. The van der Waals surface area contributed by atoms with Crippen LogP contribution in [-0.4, -0.2) is 73.5 Å². The van der Waals surface area contributed by atoms with E-state index in [4.69, 9.17) is 15.5 Å². The highest BCUT2D eigenvalue weighted by Crippen LogP contribution is 2.47. The maximum Gasteiger partial charge on any atom is 0.225 e. The number of hydrogen-bond donors (Lipinski definition) is 1. The minimum absolute atomic E-state index is 0.114. The molecule has 8 nitrogen and oxygen atoms in total. The van der Waals surface area contributed by atoms with Gasteiger partial charge < -0.3 is 20.3 Å². The van der Waals surface area contributed by atoms with Gasteiger partial charge in [-0.25, -0.2) is 4.98 Å². The molecule has 30 heavy (non-hydrogen) atoms. The van der Waals surface area contributed by atoms with Crippen LogP contribution in [-0.2, 0) is 9.53 Å². The van der Waals surface area contributed by atoms with Crippen molar-refractivity contribution in [3.8, 4) is 0 Å². The second-order valence-corrected chi connectivity index (χ2v) is 8.80. The summed E-state index contributed by atoms with van der Waals surface area (Å²) in [6, 6.07) is 0.335. The van der Waals surface area contributed by atoms with Gasteiger partial charge in [0.1, 0.15) is 0 Å². The molecule has 0 radical (unpaired) electrons. The molecular formula is C22H34N6O2. The van der Waals surface area contributed by atoms with Crippen LogP contribution in [0.1, 0.15) is 61.4 Å². The molecule has 0 spiro atoms. The van der Waals surface area contributed by atoms with Crippen molar-refractivity contribution in [3.63, 3.8) is 0 Å². The standard InChI is InChI=1S/C22H34N6O2/c1-14-13-27(10-11-28(14)18(29)8-12-30-4)22-20(23)15(2)19(17-7-9-24-26(17)3)21(25-22)16-5-6-16/h9,14,16-17H,5-8,10-13,23H2,1-4H3/t14-,17?/m1/s1. The number of anilines is 2. The second kappa shape index (κ2) is 8.41. The van der Waals surface area contributed by atoms with Gasteiger partial charge in [-0.2, -0.15) is 5.10 Å². The van der Waals surface area contributed by atoms with Gasteiger partial charge in [0.25, 0.3) is 0 Å². The van der Waals surface area contributed by atoms with Crippen LogP contribution in [0.2, 0.25) is 0 Å². The first-order valence-corrected chi connectivity index (χ1v) is 11.0. The first kappa shape index (κ1) is 20.9. The molecule has 1 unspecified atom stereocenters. The van der Waals surface area contributed by atoms with E-state index >= 15 is 0 Å². The molecule has 0 bridgehead atoms. The monoisotopic (exact) mass is 414 g/mol. The molecule has 1 aromatic rings. The normalized spacial score (nSPS) is 24.1. The minimum Gasteiger partial charge on any atom is -0.396 e. The average Bonchev–Trinajstić information content (AvgIpc) is 3.49. The van der Waals surface area contributed by atoms with E-state index < -0.39 is 0 Å². The van der Waals surface area contributed by atoms with Gasteiger partial charge in [-0.3, -0.25) is 9.80 Å². The number of carbonyl (C=O) groups excluding carboxylic acids is 1. The zero-order valence-electron chi connectivity index (χ0n) is 18.6. The van der Waals surface area contributed by atoms with Crippen LogP contribution >= 0.6 is 0 Å². The van der Waals surface area contributed by atoms with Crippen molar-refractivity contribution in [2.75, 3.05) is 51.0 Å². The van der Waals surface area contributed by atoms with Crippen molar-refractivity contribution in [1.82, 2.24) is 14.9 Å². The third kappa shape index (κ3) is 3.85. The third-order valence-corrected chi connectivity index (χ3v) is 6.66. The summed E-state index contributed by atoms with van der Waals surface area (Å²) in [5, 5.41) is 6.47. The van der Waals surface area contributed by atoms with Crippen LogP contribution in [0.5, 0.6) is 0 Å². The van der Waals surface area contributed by atoms with Crippen molar-refractivity contribution < 1.29 is 9.53 Å². The molecule has 2 aliphatic heterocycles. The highest BCUT2D eigenvalue weighted by Gasteiger charge is 2.36. The van der Waals surface area contributed by atoms with Gasteiger partial charge >= 0.3 is 0 Å². The molecule has 164 valence electrons. The number of amides is 1. The largest absolute Gasteiger partial charge is 0.396 e. The van der Waals surface area contributed by atoms with Crippen molar-refractivity contribution in [1.29, 1.82) is 0 Å². The summed E-state index contributed by atoms with van der Waals surface area (Å²) in [7, 11) is 3.65. The van der Waals surface area contributed by atoms with Crippen LogP contribution in [0.4, 0.5) is 11.5 Å². The van der Waals surface area contributed by atoms with Gasteiger partial charge in [-0.05, 0) is 32.3 Å². The Kier molecular flexibility index (Phi) is 5.86. The van der Waals surface area contributed by atoms with Crippen LogP contribution in [0.3, 0.4) is 0 Å². The van der Waals surface area contributed by atoms with Crippen LogP contribution in [0.15, 0.2) is 5.10 Å². The van der Waals surface area contributed by atoms with E-state index in [1.54, 1.807) is 7.11 Å². The number of piperazine rings is 1. The van der Waals surface area contributed by atoms with Crippen molar-refractivity contribution in [2.45, 2.75) is 57.5 Å². The Balaban J connectivity index is 1.59. The number of hydrazone groups is 1. The highest BCUT2D eigenvalue weighted by atomic mass is 16.5. The van der Waals surface area contributed by atoms with Crippen LogP contribution < -0.4 is 10.6 Å². The van der Waals surface area contributed by atoms with Crippen molar-refractivity contribution in [2.24, 2.45) is 5.10 Å². The summed E-state index contributed by atoms with van der Waals surface area (Å²) in [4.78, 5) is 21.8. The van der Waals surface area contributed by atoms with E-state index in [0.29, 0.717) is 25.5 Å². The maximum atomic E-state index is 12.5. The molecule has 1 aromatic heterocycles. The predicted octanol–water partition coefficient (Wildman–Crippen LogP) is 2.29. The number of hydrogen-bond acceptors (Lipinski definition) is 7. The Morgan fingerprint density at radius 1 is 1.33 bits per heavy atom. The molecule has 3 heterocycles. The second-order valence-electron chi connectivity index (χ2n) is 8.80.